The molecule has 0 aliphatic heterocycles. The molecule has 0 fully saturated rings. The van der Waals surface area contributed by atoms with Crippen LogP contribution >= 0.6 is 0 Å². The van der Waals surface area contributed by atoms with E-state index in [1.807, 2.05) is 49.4 Å². The highest BCUT2D eigenvalue weighted by Gasteiger charge is 2.18. The first-order chi connectivity index (χ1) is 13.0. The standard InChI is InChI=1S/C22H23N3O2/c1-15-3-8-18(9-4-15)21-13-20(22(27)12-5-16(2)26)24-25(21)19-10-6-17(14-23)7-11-19/h3-4,6-11,13,16,22,26-27H,5,12H2,1-2H3. The third kappa shape index (κ3) is 4.43. The lowest BCUT2D eigenvalue weighted by atomic mass is 10.1. The molecule has 0 saturated carbocycles. The number of hydrogen-bond acceptors (Lipinski definition) is 4. The van der Waals surface area contributed by atoms with Crippen LogP contribution < -0.4 is 0 Å². The van der Waals surface area contributed by atoms with Crippen molar-refractivity contribution in [2.45, 2.75) is 38.9 Å². The van der Waals surface area contributed by atoms with Gasteiger partial charge in [-0.2, -0.15) is 10.4 Å². The van der Waals surface area contributed by atoms with Crippen molar-refractivity contribution < 1.29 is 10.2 Å². The molecule has 2 N–H and O–H groups in total. The lowest BCUT2D eigenvalue weighted by Gasteiger charge is -2.09. The molecule has 1 heterocycles. The van der Waals surface area contributed by atoms with Crippen LogP contribution in [0.4, 0.5) is 0 Å². The van der Waals surface area contributed by atoms with Crippen molar-refractivity contribution >= 4 is 0 Å². The van der Waals surface area contributed by atoms with E-state index < -0.39 is 12.2 Å². The van der Waals surface area contributed by atoms with Crippen LogP contribution in [0.15, 0.2) is 54.6 Å². The van der Waals surface area contributed by atoms with Gasteiger partial charge >= 0.3 is 0 Å². The Labute approximate surface area is 159 Å². The van der Waals surface area contributed by atoms with Crippen LogP contribution in [0, 0.1) is 18.3 Å². The minimum Gasteiger partial charge on any atom is -0.393 e. The average molecular weight is 361 g/mol. The van der Waals surface area contributed by atoms with Crippen LogP contribution in [-0.2, 0) is 0 Å². The second-order valence-electron chi connectivity index (χ2n) is 6.83. The lowest BCUT2D eigenvalue weighted by molar-refractivity contribution is 0.120. The number of aliphatic hydroxyl groups excluding tert-OH is 2. The minimum absolute atomic E-state index is 0.440. The van der Waals surface area contributed by atoms with E-state index >= 15 is 0 Å². The van der Waals surface area contributed by atoms with Gasteiger partial charge in [-0.15, -0.1) is 0 Å². The molecule has 0 radical (unpaired) electrons. The van der Waals surface area contributed by atoms with Crippen molar-refractivity contribution in [2.24, 2.45) is 0 Å². The van der Waals surface area contributed by atoms with Gasteiger partial charge in [0, 0.05) is 5.56 Å². The number of rotatable bonds is 6. The quantitative estimate of drug-likeness (QED) is 0.697. The molecule has 0 amide bonds. The summed E-state index contributed by atoms with van der Waals surface area (Å²) in [5.41, 5.74) is 4.99. The van der Waals surface area contributed by atoms with Crippen LogP contribution in [0.1, 0.15) is 42.7 Å². The van der Waals surface area contributed by atoms with Crippen molar-refractivity contribution in [3.8, 4) is 23.0 Å². The van der Waals surface area contributed by atoms with E-state index in [4.69, 9.17) is 5.26 Å². The van der Waals surface area contributed by atoms with Crippen LogP contribution in [0.5, 0.6) is 0 Å². The Kier molecular flexibility index (Phi) is 5.70. The third-order valence-electron chi connectivity index (χ3n) is 4.52. The van der Waals surface area contributed by atoms with Gasteiger partial charge in [0.15, 0.2) is 0 Å². The van der Waals surface area contributed by atoms with E-state index in [1.165, 1.54) is 5.56 Å². The van der Waals surface area contributed by atoms with E-state index in [2.05, 4.69) is 11.2 Å². The SMILES string of the molecule is Cc1ccc(-c2cc(C(O)CCC(C)O)nn2-c2ccc(C#N)cc2)cc1. The van der Waals surface area contributed by atoms with E-state index in [1.54, 1.807) is 23.7 Å². The summed E-state index contributed by atoms with van der Waals surface area (Å²) in [5, 5.41) is 33.6. The molecule has 27 heavy (non-hydrogen) atoms. The zero-order chi connectivity index (χ0) is 19.4. The van der Waals surface area contributed by atoms with Crippen molar-refractivity contribution in [3.05, 3.63) is 71.4 Å². The van der Waals surface area contributed by atoms with Gasteiger partial charge in [0.2, 0.25) is 0 Å². The zero-order valence-corrected chi connectivity index (χ0v) is 15.5. The summed E-state index contributed by atoms with van der Waals surface area (Å²) in [7, 11) is 0. The Hall–Kier alpha value is -2.94. The fraction of sp³-hybridized carbons (Fsp3) is 0.273. The molecule has 1 aromatic heterocycles. The normalized spacial score (nSPS) is 13.1. The van der Waals surface area contributed by atoms with Crippen LogP contribution in [0.3, 0.4) is 0 Å². The van der Waals surface area contributed by atoms with Gasteiger partial charge < -0.3 is 10.2 Å². The molecule has 5 heteroatoms. The molecular formula is C22H23N3O2. The molecule has 2 atom stereocenters. The van der Waals surface area contributed by atoms with Crippen molar-refractivity contribution in [1.82, 2.24) is 9.78 Å². The molecule has 0 saturated heterocycles. The van der Waals surface area contributed by atoms with E-state index in [-0.39, 0.29) is 0 Å². The topological polar surface area (TPSA) is 82.1 Å². The number of aliphatic hydroxyl groups is 2. The first kappa shape index (κ1) is 18.8. The Morgan fingerprint density at radius 3 is 2.30 bits per heavy atom. The second-order valence-corrected chi connectivity index (χ2v) is 6.83. The molecule has 5 nitrogen and oxygen atoms in total. The van der Waals surface area contributed by atoms with Crippen molar-refractivity contribution in [3.63, 3.8) is 0 Å². The summed E-state index contributed by atoms with van der Waals surface area (Å²) < 4.78 is 1.78. The summed E-state index contributed by atoms with van der Waals surface area (Å²) in [6.45, 7) is 3.74. The Balaban J connectivity index is 2.03. The average Bonchev–Trinajstić information content (AvgIpc) is 3.12. The molecule has 3 aromatic rings. The number of hydrogen-bond donors (Lipinski definition) is 2. The molecule has 138 valence electrons. The zero-order valence-electron chi connectivity index (χ0n) is 15.5. The molecule has 3 rings (SSSR count). The molecule has 0 aliphatic rings. The van der Waals surface area contributed by atoms with Crippen LogP contribution in [-0.4, -0.2) is 26.1 Å². The number of nitrogens with zero attached hydrogens (tertiary/aromatic N) is 3. The first-order valence-electron chi connectivity index (χ1n) is 9.01. The van der Waals surface area contributed by atoms with Crippen molar-refractivity contribution in [2.75, 3.05) is 0 Å². The van der Waals surface area contributed by atoms with Crippen molar-refractivity contribution in [1.29, 1.82) is 5.26 Å². The third-order valence-corrected chi connectivity index (χ3v) is 4.52. The Morgan fingerprint density at radius 2 is 1.70 bits per heavy atom. The van der Waals surface area contributed by atoms with Gasteiger partial charge in [0.1, 0.15) is 0 Å². The molecular weight excluding hydrogens is 338 g/mol. The number of aryl methyl sites for hydroxylation is 1. The maximum absolute atomic E-state index is 10.5. The fourth-order valence-electron chi connectivity index (χ4n) is 2.91. The molecule has 2 unspecified atom stereocenters. The summed E-state index contributed by atoms with van der Waals surface area (Å²) in [6, 6.07) is 19.3. The van der Waals surface area contributed by atoms with Crippen LogP contribution in [0.2, 0.25) is 0 Å². The summed E-state index contributed by atoms with van der Waals surface area (Å²) in [4.78, 5) is 0. The smallest absolute Gasteiger partial charge is 0.0991 e. The Bertz CT molecular complexity index is 935. The van der Waals surface area contributed by atoms with E-state index in [0.717, 1.165) is 16.9 Å². The first-order valence-corrected chi connectivity index (χ1v) is 9.01. The van der Waals surface area contributed by atoms with E-state index in [0.29, 0.717) is 24.1 Å². The highest BCUT2D eigenvalue weighted by molar-refractivity contribution is 5.63. The second kappa shape index (κ2) is 8.17. The lowest BCUT2D eigenvalue weighted by Crippen LogP contribution is -2.06. The maximum atomic E-state index is 10.5. The maximum Gasteiger partial charge on any atom is 0.0991 e. The highest BCUT2D eigenvalue weighted by atomic mass is 16.3. The molecule has 0 spiro atoms. The van der Waals surface area contributed by atoms with Gasteiger partial charge in [-0.25, -0.2) is 4.68 Å². The number of aromatic nitrogens is 2. The van der Waals surface area contributed by atoms with Gasteiger partial charge in [-0.3, -0.25) is 0 Å². The monoisotopic (exact) mass is 361 g/mol. The van der Waals surface area contributed by atoms with Gasteiger partial charge in [-0.1, -0.05) is 29.8 Å². The van der Waals surface area contributed by atoms with Gasteiger partial charge in [-0.05, 0) is 57.0 Å². The molecule has 0 aliphatic carbocycles. The van der Waals surface area contributed by atoms with Crippen LogP contribution in [0.25, 0.3) is 16.9 Å². The van der Waals surface area contributed by atoms with E-state index in [9.17, 15) is 10.2 Å². The van der Waals surface area contributed by atoms with Gasteiger partial charge in [0.05, 0.1) is 40.9 Å². The minimum atomic E-state index is -0.747. The highest BCUT2D eigenvalue weighted by Crippen LogP contribution is 2.28. The summed E-state index contributed by atoms with van der Waals surface area (Å²) in [5.74, 6) is 0. The molecule has 2 aromatic carbocycles. The molecule has 0 bridgehead atoms. The largest absolute Gasteiger partial charge is 0.393 e. The predicted octanol–water partition coefficient (Wildman–Crippen LogP) is 3.91. The van der Waals surface area contributed by atoms with Gasteiger partial charge in [0.25, 0.3) is 0 Å². The fourth-order valence-corrected chi connectivity index (χ4v) is 2.91. The number of benzene rings is 2. The Morgan fingerprint density at radius 1 is 1.04 bits per heavy atom. The number of nitriles is 1. The predicted molar refractivity (Wildman–Crippen MR) is 104 cm³/mol. The summed E-state index contributed by atoms with van der Waals surface area (Å²) in [6.07, 6.45) is -0.264. The summed E-state index contributed by atoms with van der Waals surface area (Å²) >= 11 is 0.